The second-order valence-corrected chi connectivity index (χ2v) is 5.81. The summed E-state index contributed by atoms with van der Waals surface area (Å²) in [6.45, 7) is 8.54. The molecule has 2 aromatic rings. The molecular weight excluding hydrogens is 287 g/mol. The molecule has 0 amide bonds. The Morgan fingerprint density at radius 2 is 1.87 bits per heavy atom. The molecule has 2 aromatic carbocycles. The van der Waals surface area contributed by atoms with E-state index in [-0.39, 0.29) is 5.82 Å². The summed E-state index contributed by atoms with van der Waals surface area (Å²) in [7, 11) is 1.96. The molecule has 120 valence electrons. The standard InChI is InChI=1S/C20H23FN2/c1-5-10-23(4)14-22-20-12-15(2)18(11-16(20)3)13-17-8-6-7-9-19(17)21/h5-9,11-12,14H,1,10,13H2,2-4H3/b22-14+. The van der Waals surface area contributed by atoms with E-state index in [1.807, 2.05) is 44.0 Å². The van der Waals surface area contributed by atoms with Crippen LogP contribution in [0.3, 0.4) is 0 Å². The van der Waals surface area contributed by atoms with Crippen LogP contribution in [-0.4, -0.2) is 24.8 Å². The van der Waals surface area contributed by atoms with Crippen LogP contribution in [0.5, 0.6) is 0 Å². The van der Waals surface area contributed by atoms with Crippen molar-refractivity contribution in [3.05, 3.63) is 77.1 Å². The third kappa shape index (κ3) is 4.52. The lowest BCUT2D eigenvalue weighted by atomic mass is 9.97. The van der Waals surface area contributed by atoms with Crippen LogP contribution in [0, 0.1) is 19.7 Å². The highest BCUT2D eigenvalue weighted by atomic mass is 19.1. The first kappa shape index (κ1) is 16.9. The number of rotatable bonds is 6. The maximum absolute atomic E-state index is 13.8. The van der Waals surface area contributed by atoms with Crippen LogP contribution < -0.4 is 0 Å². The van der Waals surface area contributed by atoms with Gasteiger partial charge in [0.25, 0.3) is 0 Å². The zero-order valence-electron chi connectivity index (χ0n) is 14.0. The van der Waals surface area contributed by atoms with E-state index in [0.717, 1.165) is 34.5 Å². The van der Waals surface area contributed by atoms with Gasteiger partial charge in [-0.25, -0.2) is 9.38 Å². The Hall–Kier alpha value is -2.42. The topological polar surface area (TPSA) is 15.6 Å². The lowest BCUT2D eigenvalue weighted by Crippen LogP contribution is -2.15. The summed E-state index contributed by atoms with van der Waals surface area (Å²) in [5, 5.41) is 0. The highest BCUT2D eigenvalue weighted by molar-refractivity contribution is 5.64. The van der Waals surface area contributed by atoms with Crippen molar-refractivity contribution in [2.75, 3.05) is 13.6 Å². The van der Waals surface area contributed by atoms with Crippen molar-refractivity contribution in [1.82, 2.24) is 4.90 Å². The van der Waals surface area contributed by atoms with Crippen LogP contribution in [0.4, 0.5) is 10.1 Å². The molecule has 0 bridgehead atoms. The predicted octanol–water partition coefficient (Wildman–Crippen LogP) is 4.81. The summed E-state index contributed by atoms with van der Waals surface area (Å²) in [6.07, 6.45) is 4.24. The van der Waals surface area contributed by atoms with Gasteiger partial charge in [0.05, 0.1) is 12.0 Å². The van der Waals surface area contributed by atoms with Crippen molar-refractivity contribution >= 4 is 12.0 Å². The molecular formula is C20H23FN2. The molecule has 2 nitrogen and oxygen atoms in total. The van der Waals surface area contributed by atoms with E-state index >= 15 is 0 Å². The number of aryl methyl sites for hydroxylation is 2. The molecule has 0 atom stereocenters. The van der Waals surface area contributed by atoms with Gasteiger partial charge in [-0.1, -0.05) is 30.3 Å². The molecule has 0 heterocycles. The average Bonchev–Trinajstić information content (AvgIpc) is 2.51. The fraction of sp³-hybridized carbons (Fsp3) is 0.250. The molecule has 0 saturated heterocycles. The van der Waals surface area contributed by atoms with Gasteiger partial charge in [0.1, 0.15) is 5.82 Å². The van der Waals surface area contributed by atoms with Crippen LogP contribution in [0.1, 0.15) is 22.3 Å². The molecule has 0 aliphatic heterocycles. The third-order valence-corrected chi connectivity index (χ3v) is 3.80. The Morgan fingerprint density at radius 1 is 1.13 bits per heavy atom. The van der Waals surface area contributed by atoms with Crippen LogP contribution >= 0.6 is 0 Å². The van der Waals surface area contributed by atoms with Crippen molar-refractivity contribution in [3.8, 4) is 0 Å². The number of aliphatic imine (C=N–C) groups is 1. The van der Waals surface area contributed by atoms with Gasteiger partial charge in [-0.15, -0.1) is 6.58 Å². The zero-order valence-corrected chi connectivity index (χ0v) is 14.0. The molecule has 0 fully saturated rings. The Bertz CT molecular complexity index is 720. The lowest BCUT2D eigenvalue weighted by Gasteiger charge is -2.12. The van der Waals surface area contributed by atoms with Crippen LogP contribution in [0.15, 0.2) is 54.0 Å². The normalized spacial score (nSPS) is 11.0. The Labute approximate surface area is 138 Å². The van der Waals surface area contributed by atoms with Gasteiger partial charge in [-0.2, -0.15) is 0 Å². The number of hydrogen-bond donors (Lipinski definition) is 0. The molecule has 0 radical (unpaired) electrons. The molecule has 3 heteroatoms. The van der Waals surface area contributed by atoms with Crippen LogP contribution in [0.25, 0.3) is 0 Å². The summed E-state index contributed by atoms with van der Waals surface area (Å²) >= 11 is 0. The number of halogens is 1. The summed E-state index contributed by atoms with van der Waals surface area (Å²) in [5.74, 6) is -0.155. The van der Waals surface area contributed by atoms with Crippen molar-refractivity contribution in [2.45, 2.75) is 20.3 Å². The maximum Gasteiger partial charge on any atom is 0.126 e. The fourth-order valence-electron chi connectivity index (χ4n) is 2.45. The number of likely N-dealkylation sites (N-methyl/N-ethyl adjacent to an activating group) is 1. The molecule has 0 unspecified atom stereocenters. The second kappa shape index (κ2) is 7.73. The average molecular weight is 310 g/mol. The largest absolute Gasteiger partial charge is 0.362 e. The minimum absolute atomic E-state index is 0.155. The fourth-order valence-corrected chi connectivity index (χ4v) is 2.45. The van der Waals surface area contributed by atoms with Gasteiger partial charge in [0.2, 0.25) is 0 Å². The molecule has 0 N–H and O–H groups in total. The first-order valence-electron chi connectivity index (χ1n) is 7.70. The molecule has 23 heavy (non-hydrogen) atoms. The summed E-state index contributed by atoms with van der Waals surface area (Å²) < 4.78 is 13.8. The van der Waals surface area contributed by atoms with E-state index in [4.69, 9.17) is 0 Å². The summed E-state index contributed by atoms with van der Waals surface area (Å²) in [5.41, 5.74) is 5.00. The van der Waals surface area contributed by atoms with Crippen LogP contribution in [0.2, 0.25) is 0 Å². The smallest absolute Gasteiger partial charge is 0.126 e. The van der Waals surface area contributed by atoms with Crippen molar-refractivity contribution in [2.24, 2.45) is 4.99 Å². The Morgan fingerprint density at radius 3 is 2.57 bits per heavy atom. The molecule has 0 saturated carbocycles. The highest BCUT2D eigenvalue weighted by Crippen LogP contribution is 2.25. The molecule has 0 aliphatic rings. The van der Waals surface area contributed by atoms with E-state index in [9.17, 15) is 4.39 Å². The number of benzene rings is 2. The minimum atomic E-state index is -0.155. The maximum atomic E-state index is 13.8. The van der Waals surface area contributed by atoms with E-state index in [1.165, 1.54) is 6.07 Å². The Kier molecular flexibility index (Phi) is 5.69. The van der Waals surface area contributed by atoms with Gasteiger partial charge in [-0.3, -0.25) is 0 Å². The van der Waals surface area contributed by atoms with E-state index in [0.29, 0.717) is 6.42 Å². The van der Waals surface area contributed by atoms with Gasteiger partial charge < -0.3 is 4.90 Å². The first-order valence-corrected chi connectivity index (χ1v) is 7.70. The monoisotopic (exact) mass is 310 g/mol. The third-order valence-electron chi connectivity index (χ3n) is 3.80. The summed E-state index contributed by atoms with van der Waals surface area (Å²) in [4.78, 5) is 6.50. The molecule has 2 rings (SSSR count). The van der Waals surface area contributed by atoms with Crippen molar-refractivity contribution < 1.29 is 4.39 Å². The SMILES string of the molecule is C=CCN(C)/C=N/c1cc(C)c(Cc2ccccc2F)cc1C. The van der Waals surface area contributed by atoms with Crippen molar-refractivity contribution in [1.29, 1.82) is 0 Å². The quantitative estimate of drug-likeness (QED) is 0.425. The van der Waals surface area contributed by atoms with E-state index in [2.05, 4.69) is 23.7 Å². The van der Waals surface area contributed by atoms with Gasteiger partial charge in [-0.05, 0) is 48.2 Å². The zero-order chi connectivity index (χ0) is 16.8. The van der Waals surface area contributed by atoms with Gasteiger partial charge >= 0.3 is 0 Å². The highest BCUT2D eigenvalue weighted by Gasteiger charge is 2.07. The Balaban J connectivity index is 2.23. The van der Waals surface area contributed by atoms with Crippen molar-refractivity contribution in [3.63, 3.8) is 0 Å². The minimum Gasteiger partial charge on any atom is -0.362 e. The lowest BCUT2D eigenvalue weighted by molar-refractivity contribution is 0.582. The van der Waals surface area contributed by atoms with E-state index in [1.54, 1.807) is 12.4 Å². The number of hydrogen-bond acceptors (Lipinski definition) is 1. The second-order valence-electron chi connectivity index (χ2n) is 5.81. The predicted molar refractivity (Wildman–Crippen MR) is 96.1 cm³/mol. The molecule has 0 aromatic heterocycles. The first-order chi connectivity index (χ1) is 11.0. The van der Waals surface area contributed by atoms with Gasteiger partial charge in [0, 0.05) is 20.0 Å². The number of nitrogens with zero attached hydrogens (tertiary/aromatic N) is 2. The molecule has 0 spiro atoms. The summed E-state index contributed by atoms with van der Waals surface area (Å²) in [6, 6.07) is 11.1. The van der Waals surface area contributed by atoms with Gasteiger partial charge in [0.15, 0.2) is 0 Å². The van der Waals surface area contributed by atoms with E-state index < -0.39 is 0 Å². The van der Waals surface area contributed by atoms with Crippen LogP contribution in [-0.2, 0) is 6.42 Å². The molecule has 0 aliphatic carbocycles.